The summed E-state index contributed by atoms with van der Waals surface area (Å²) in [7, 11) is 0. The Bertz CT molecular complexity index is 8850. The average Bonchev–Trinajstić information content (AvgIpc) is 1.69. The molecule has 21 aromatic rings. The Balaban J connectivity index is 0.000000106. The summed E-state index contributed by atoms with van der Waals surface area (Å²) in [6.07, 6.45) is 5.46. The summed E-state index contributed by atoms with van der Waals surface area (Å²) >= 11 is 5.53. The van der Waals surface area contributed by atoms with Crippen LogP contribution in [0.25, 0.3) is 261 Å². The Kier molecular flexibility index (Phi) is 18.3. The van der Waals surface area contributed by atoms with Crippen molar-refractivity contribution in [1.29, 1.82) is 0 Å². The van der Waals surface area contributed by atoms with Gasteiger partial charge in [0, 0.05) is 152 Å². The summed E-state index contributed by atoms with van der Waals surface area (Å²) < 4.78 is 3.69. The second-order valence-corrected chi connectivity index (χ2v) is 35.3. The van der Waals surface area contributed by atoms with Crippen LogP contribution in [0.4, 0.5) is 0 Å². The van der Waals surface area contributed by atoms with E-state index in [0.29, 0.717) is 17.5 Å². The molecule has 0 fully saturated rings. The van der Waals surface area contributed by atoms with Crippen LogP contribution in [0.5, 0.6) is 0 Å². The molecule has 0 saturated heterocycles. The van der Waals surface area contributed by atoms with Crippen LogP contribution in [0.2, 0.25) is 0 Å². The summed E-state index contributed by atoms with van der Waals surface area (Å²) in [6.45, 7) is 0. The first-order chi connectivity index (χ1) is 64.0. The summed E-state index contributed by atoms with van der Waals surface area (Å²) in [5, 5.41) is 18.7. The molecule has 0 amide bonds. The maximum atomic E-state index is 5.21. The lowest BCUT2D eigenvalue weighted by molar-refractivity contribution is 1.08. The van der Waals surface area contributed by atoms with Crippen molar-refractivity contribution in [3.8, 4) is 133 Å². The molecule has 600 valence electrons. The number of pyridine rings is 4. The molecule has 0 N–H and O–H groups in total. The van der Waals surface area contributed by atoms with Crippen molar-refractivity contribution >= 4 is 162 Å². The quantitative estimate of drug-likeness (QED) is 0.102. The lowest BCUT2D eigenvalue weighted by Gasteiger charge is -2.19. The van der Waals surface area contributed by atoms with Crippen molar-refractivity contribution < 1.29 is 0 Å². The average molecular weight is 1700 g/mol. The van der Waals surface area contributed by atoms with Gasteiger partial charge in [-0.15, -0.1) is 34.0 Å². The molecule has 10 nitrogen and oxygen atoms in total. The van der Waals surface area contributed by atoms with Crippen LogP contribution in [-0.2, 0) is 0 Å². The van der Waals surface area contributed by atoms with E-state index in [2.05, 4.69) is 350 Å². The number of hydrogen-bond acceptors (Lipinski definition) is 13. The predicted molar refractivity (Wildman–Crippen MR) is 540 cm³/mol. The Hall–Kier alpha value is -16.4. The van der Waals surface area contributed by atoms with Gasteiger partial charge in [0.15, 0.2) is 17.5 Å². The molecular formula is C116H68N10S3. The van der Waals surface area contributed by atoms with Gasteiger partial charge < -0.3 is 0 Å². The van der Waals surface area contributed by atoms with Crippen molar-refractivity contribution in [2.75, 3.05) is 0 Å². The lowest BCUT2D eigenvalue weighted by atomic mass is 9.88. The normalized spacial score (nSPS) is 11.7. The fraction of sp³-hybridized carbons (Fsp3) is 0. The molecular weight excluding hydrogens is 1630 g/mol. The lowest BCUT2D eigenvalue weighted by Crippen LogP contribution is -2.01. The highest BCUT2D eigenvalue weighted by Gasteiger charge is 2.30. The number of fused-ring (bicyclic) bond motifs is 22. The maximum Gasteiger partial charge on any atom is 0.165 e. The Labute approximate surface area is 751 Å². The molecule has 0 unspecified atom stereocenters. The molecule has 13 heteroatoms. The fourth-order valence-corrected chi connectivity index (χ4v) is 22.7. The van der Waals surface area contributed by atoms with E-state index in [0.717, 1.165) is 127 Å². The Morgan fingerprint density at radius 3 is 0.992 bits per heavy atom. The summed E-state index contributed by atoms with van der Waals surface area (Å²) in [5.41, 5.74) is 24.5. The van der Waals surface area contributed by atoms with Gasteiger partial charge in [-0.2, -0.15) is 0 Å². The van der Waals surface area contributed by atoms with Gasteiger partial charge in [-0.25, -0.2) is 39.9 Å². The van der Waals surface area contributed by atoms with Gasteiger partial charge in [0.1, 0.15) is 0 Å². The second kappa shape index (κ2) is 31.4. The van der Waals surface area contributed by atoms with E-state index in [-0.39, 0.29) is 0 Å². The van der Waals surface area contributed by atoms with E-state index in [9.17, 15) is 0 Å². The number of aromatic nitrogens is 10. The zero-order chi connectivity index (χ0) is 85.0. The third-order valence-electron chi connectivity index (χ3n) is 24.8. The minimum absolute atomic E-state index is 0.648. The molecule has 6 aliphatic heterocycles. The zero-order valence-corrected chi connectivity index (χ0v) is 71.4. The van der Waals surface area contributed by atoms with Gasteiger partial charge in [-0.3, -0.25) is 9.97 Å². The summed E-state index contributed by atoms with van der Waals surface area (Å²) in [6, 6.07) is 138. The van der Waals surface area contributed by atoms with Crippen LogP contribution in [0.1, 0.15) is 0 Å². The standard InChI is InChI=1S/C44H26N4S.C39H23N3S.C33H19N3S/c1-3-15-27(16-4-1)42-46-43(28-17-5-2-6-18-28)48-44(47-42)38-31-21-9-7-19-29(31)37(30-20-8-10-22-32(30)38)41-39-33-23-11-13-25-35(33)45-40(39)34-24-12-14-26-36(34)49-41;1-3-12-27-25(10-1)35(33-18-9-17-31(41-33)24-20-22-40-23-21-24)26-11-2-4-13-28(26)36(27)39-37-29-14-5-7-16-32(29)42-38(37)30-15-6-8-19-34(30)43-39;1-3-9-27-24(7-1)29-32(36-27)25-8-2-4-10-28(25)37-33(29)23-15-11-20(12-16-23)26-18-17-22-14-13-21-6-5-19-34-30(21)31(22)35-26/h1-26H;1-23H;1-19H. The zero-order valence-electron chi connectivity index (χ0n) is 69.0. The minimum atomic E-state index is 0.648. The van der Waals surface area contributed by atoms with E-state index >= 15 is 0 Å². The van der Waals surface area contributed by atoms with Gasteiger partial charge in [0.25, 0.3) is 0 Å². The highest BCUT2D eigenvalue weighted by Crippen LogP contribution is 2.56. The molecule has 0 aliphatic carbocycles. The number of para-hydroxylation sites is 3. The smallest absolute Gasteiger partial charge is 0.165 e. The van der Waals surface area contributed by atoms with Crippen LogP contribution in [-0.4, -0.2) is 49.8 Å². The molecule has 0 atom stereocenters. The Morgan fingerprint density at radius 2 is 0.519 bits per heavy atom. The topological polar surface area (TPSA) is 129 Å². The molecule has 129 heavy (non-hydrogen) atoms. The first kappa shape index (κ1) is 75.1. The molecule has 27 rings (SSSR count). The summed E-state index contributed by atoms with van der Waals surface area (Å²) in [4.78, 5) is 53.6. The van der Waals surface area contributed by atoms with Crippen molar-refractivity contribution in [3.05, 3.63) is 413 Å². The number of rotatable bonds is 9. The first-order valence-corrected chi connectivity index (χ1v) is 45.4. The van der Waals surface area contributed by atoms with Crippen LogP contribution >= 0.6 is 34.0 Å². The predicted octanol–water partition coefficient (Wildman–Crippen LogP) is 31.4. The molecule has 5 aromatic heterocycles. The largest absolute Gasteiger partial charge is 0.265 e. The van der Waals surface area contributed by atoms with E-state index in [1.807, 2.05) is 107 Å². The molecule has 16 aromatic carbocycles. The monoisotopic (exact) mass is 1700 g/mol. The SMILES string of the molecule is c1cc(-c2ccncc2)nc(-c2c3ccccc3c(-c3sc4ccccc4c4nc5ccccc5c3-4)c3ccccc23)c1.c1ccc(-c2nc(-c3ccccc3)nc(-c3c4ccccc4c(-c4sc5ccccc5c5nc6ccccc6c4-5)c4ccccc34)n2)cc1.c1cnc2c(c1)ccc1ccc(-c3ccc(-c4sc5ccccc5c5nc6ccccc6c4-5)cc3)nc12. The van der Waals surface area contributed by atoms with E-state index < -0.39 is 0 Å². The summed E-state index contributed by atoms with van der Waals surface area (Å²) in [5.74, 6) is 1.95. The van der Waals surface area contributed by atoms with Crippen molar-refractivity contribution in [2.45, 2.75) is 0 Å². The highest BCUT2D eigenvalue weighted by atomic mass is 32.1. The molecule has 0 saturated carbocycles. The number of nitrogens with zero attached hydrogens (tertiary/aromatic N) is 10. The van der Waals surface area contributed by atoms with Crippen molar-refractivity contribution in [2.24, 2.45) is 0 Å². The third-order valence-corrected chi connectivity index (χ3v) is 28.4. The van der Waals surface area contributed by atoms with E-state index in [1.165, 1.54) is 116 Å². The maximum absolute atomic E-state index is 5.21. The number of benzene rings is 16. The van der Waals surface area contributed by atoms with E-state index in [4.69, 9.17) is 39.9 Å². The molecule has 0 bridgehead atoms. The highest BCUT2D eigenvalue weighted by molar-refractivity contribution is 7.23. The molecule has 6 aliphatic rings. The Morgan fingerprint density at radius 1 is 0.171 bits per heavy atom. The van der Waals surface area contributed by atoms with Crippen LogP contribution < -0.4 is 0 Å². The molecule has 11 heterocycles. The van der Waals surface area contributed by atoms with Gasteiger partial charge in [0.2, 0.25) is 0 Å². The van der Waals surface area contributed by atoms with Crippen LogP contribution in [0, 0.1) is 0 Å². The first-order valence-electron chi connectivity index (χ1n) is 43.0. The molecule has 0 spiro atoms. The third kappa shape index (κ3) is 12.9. The minimum Gasteiger partial charge on any atom is -0.265 e. The van der Waals surface area contributed by atoms with Gasteiger partial charge in [-0.05, 0) is 121 Å². The van der Waals surface area contributed by atoms with Crippen LogP contribution in [0.15, 0.2) is 413 Å². The second-order valence-electron chi connectivity index (χ2n) is 32.2. The van der Waals surface area contributed by atoms with Crippen LogP contribution in [0.3, 0.4) is 0 Å². The number of hydrogen-bond donors (Lipinski definition) is 0. The fourth-order valence-electron chi connectivity index (χ4n) is 18.9. The van der Waals surface area contributed by atoms with Crippen molar-refractivity contribution in [3.63, 3.8) is 0 Å². The molecule has 0 radical (unpaired) electrons. The van der Waals surface area contributed by atoms with Gasteiger partial charge in [0.05, 0.1) is 61.7 Å². The van der Waals surface area contributed by atoms with Gasteiger partial charge in [-0.1, -0.05) is 322 Å². The van der Waals surface area contributed by atoms with Crippen molar-refractivity contribution in [1.82, 2.24) is 49.8 Å². The van der Waals surface area contributed by atoms with E-state index in [1.54, 1.807) is 0 Å². The van der Waals surface area contributed by atoms with Gasteiger partial charge >= 0.3 is 0 Å².